The van der Waals surface area contributed by atoms with Crippen LogP contribution in [-0.4, -0.2) is 41.0 Å². The first kappa shape index (κ1) is 20.4. The number of hydrogen-bond donors (Lipinski definition) is 1. The number of ether oxygens (including phenoxy) is 2. The number of hydrogen-bond acceptors (Lipinski definition) is 5. The molecule has 0 aliphatic rings. The van der Waals surface area contributed by atoms with Gasteiger partial charge in [-0.25, -0.2) is 4.98 Å². The second-order valence-electron chi connectivity index (χ2n) is 6.66. The normalized spacial score (nSPS) is 10.7. The average molecular weight is 395 g/mol. The van der Waals surface area contributed by atoms with E-state index >= 15 is 0 Å². The Morgan fingerprint density at radius 3 is 2.55 bits per heavy atom. The molecule has 3 rings (SSSR count). The van der Waals surface area contributed by atoms with E-state index in [-0.39, 0.29) is 24.6 Å². The standard InChI is InChI=1S/C22H25N3O4/c1-3-4-13-25(21(26)15-29-17-11-9-16(28-2)10-12-17)14-20-23-19-8-6-5-7-18(19)22(27)24-20/h5-12H,3-4,13-15H2,1-2H3,(H,23,24,27). The van der Waals surface area contributed by atoms with E-state index in [0.29, 0.717) is 29.0 Å². The second kappa shape index (κ2) is 9.73. The number of carbonyl (C=O) groups excluding carboxylic acids is 1. The fraction of sp³-hybridized carbons (Fsp3) is 0.318. The molecule has 1 N–H and O–H groups in total. The Kier molecular flexibility index (Phi) is 6.84. The minimum atomic E-state index is -0.206. The molecule has 1 heterocycles. The first-order chi connectivity index (χ1) is 14.1. The van der Waals surface area contributed by atoms with Gasteiger partial charge in [-0.2, -0.15) is 0 Å². The summed E-state index contributed by atoms with van der Waals surface area (Å²) in [4.78, 5) is 34.0. The lowest BCUT2D eigenvalue weighted by atomic mass is 10.2. The quantitative estimate of drug-likeness (QED) is 0.602. The fourth-order valence-corrected chi connectivity index (χ4v) is 2.94. The molecule has 0 radical (unpaired) electrons. The summed E-state index contributed by atoms with van der Waals surface area (Å²) in [5.74, 6) is 1.61. The van der Waals surface area contributed by atoms with Crippen LogP contribution in [-0.2, 0) is 11.3 Å². The molecule has 29 heavy (non-hydrogen) atoms. The van der Waals surface area contributed by atoms with E-state index in [2.05, 4.69) is 16.9 Å². The van der Waals surface area contributed by atoms with Crippen molar-refractivity contribution in [1.29, 1.82) is 0 Å². The number of H-pyrrole nitrogens is 1. The van der Waals surface area contributed by atoms with Crippen LogP contribution in [0.4, 0.5) is 0 Å². The summed E-state index contributed by atoms with van der Waals surface area (Å²) in [6.07, 6.45) is 1.80. The van der Waals surface area contributed by atoms with E-state index in [9.17, 15) is 9.59 Å². The van der Waals surface area contributed by atoms with E-state index in [1.165, 1.54) is 0 Å². The molecule has 7 heteroatoms. The van der Waals surface area contributed by atoms with Gasteiger partial charge in [-0.15, -0.1) is 0 Å². The Morgan fingerprint density at radius 1 is 1.10 bits per heavy atom. The van der Waals surface area contributed by atoms with Gasteiger partial charge < -0.3 is 19.4 Å². The van der Waals surface area contributed by atoms with Gasteiger partial charge >= 0.3 is 0 Å². The summed E-state index contributed by atoms with van der Waals surface area (Å²) in [6, 6.07) is 14.2. The Balaban J connectivity index is 1.71. The Labute approximate surface area is 169 Å². The highest BCUT2D eigenvalue weighted by Crippen LogP contribution is 2.17. The van der Waals surface area contributed by atoms with Crippen LogP contribution in [0.15, 0.2) is 53.3 Å². The van der Waals surface area contributed by atoms with Crippen LogP contribution in [0.5, 0.6) is 11.5 Å². The number of unbranched alkanes of at least 4 members (excludes halogenated alkanes) is 1. The number of para-hydroxylation sites is 1. The molecule has 0 aliphatic heterocycles. The number of nitrogens with zero attached hydrogens (tertiary/aromatic N) is 2. The topological polar surface area (TPSA) is 84.5 Å². The third-order valence-electron chi connectivity index (χ3n) is 4.56. The summed E-state index contributed by atoms with van der Waals surface area (Å²) < 4.78 is 10.7. The minimum absolute atomic E-state index is 0.0894. The van der Waals surface area contributed by atoms with Crippen LogP contribution in [0.3, 0.4) is 0 Å². The van der Waals surface area contributed by atoms with Crippen molar-refractivity contribution in [2.45, 2.75) is 26.3 Å². The number of nitrogens with one attached hydrogen (secondary N) is 1. The molecule has 0 spiro atoms. The van der Waals surface area contributed by atoms with Gasteiger partial charge in [0, 0.05) is 6.54 Å². The van der Waals surface area contributed by atoms with E-state index in [1.54, 1.807) is 54.5 Å². The van der Waals surface area contributed by atoms with Gasteiger partial charge in [0.2, 0.25) is 0 Å². The summed E-state index contributed by atoms with van der Waals surface area (Å²) >= 11 is 0. The van der Waals surface area contributed by atoms with Gasteiger partial charge in [0.1, 0.15) is 17.3 Å². The van der Waals surface area contributed by atoms with Crippen molar-refractivity contribution in [3.05, 3.63) is 64.7 Å². The van der Waals surface area contributed by atoms with Crippen LogP contribution in [0.1, 0.15) is 25.6 Å². The first-order valence-electron chi connectivity index (χ1n) is 9.63. The maximum absolute atomic E-state index is 12.8. The molecule has 2 aromatic carbocycles. The number of aromatic nitrogens is 2. The van der Waals surface area contributed by atoms with Crippen molar-refractivity contribution in [3.63, 3.8) is 0 Å². The van der Waals surface area contributed by atoms with Gasteiger partial charge in [-0.05, 0) is 42.8 Å². The molecule has 0 bridgehead atoms. The number of aromatic amines is 1. The molecule has 0 aliphatic carbocycles. The SMILES string of the molecule is CCCCN(Cc1nc2ccccc2c(=O)[nH]1)C(=O)COc1ccc(OC)cc1. The molecule has 0 saturated carbocycles. The summed E-state index contributed by atoms with van der Waals surface area (Å²) in [5, 5.41) is 0.533. The van der Waals surface area contributed by atoms with Crippen LogP contribution < -0.4 is 15.0 Å². The van der Waals surface area contributed by atoms with Crippen LogP contribution in [0, 0.1) is 0 Å². The third-order valence-corrected chi connectivity index (χ3v) is 4.56. The van der Waals surface area contributed by atoms with E-state index in [0.717, 1.165) is 18.6 Å². The van der Waals surface area contributed by atoms with Gasteiger partial charge in [0.25, 0.3) is 11.5 Å². The second-order valence-corrected chi connectivity index (χ2v) is 6.66. The first-order valence-corrected chi connectivity index (χ1v) is 9.63. The number of methoxy groups -OCH3 is 1. The zero-order valence-electron chi connectivity index (χ0n) is 16.7. The molecular formula is C22H25N3O4. The predicted octanol–water partition coefficient (Wildman–Crippen LogP) is 3.14. The smallest absolute Gasteiger partial charge is 0.260 e. The largest absolute Gasteiger partial charge is 0.497 e. The van der Waals surface area contributed by atoms with Gasteiger partial charge in [-0.3, -0.25) is 9.59 Å². The lowest BCUT2D eigenvalue weighted by Gasteiger charge is -2.22. The Morgan fingerprint density at radius 2 is 1.83 bits per heavy atom. The maximum Gasteiger partial charge on any atom is 0.260 e. The zero-order valence-corrected chi connectivity index (χ0v) is 16.7. The lowest BCUT2D eigenvalue weighted by molar-refractivity contribution is -0.134. The van der Waals surface area contributed by atoms with E-state index < -0.39 is 0 Å². The van der Waals surface area contributed by atoms with Crippen molar-refractivity contribution < 1.29 is 14.3 Å². The number of carbonyl (C=O) groups is 1. The van der Waals surface area contributed by atoms with Gasteiger partial charge in [-0.1, -0.05) is 25.5 Å². The monoisotopic (exact) mass is 395 g/mol. The molecule has 1 aromatic heterocycles. The van der Waals surface area contributed by atoms with E-state index in [4.69, 9.17) is 9.47 Å². The molecule has 0 fully saturated rings. The summed E-state index contributed by atoms with van der Waals surface area (Å²) in [6.45, 7) is 2.77. The van der Waals surface area contributed by atoms with Crippen molar-refractivity contribution in [3.8, 4) is 11.5 Å². The van der Waals surface area contributed by atoms with Crippen molar-refractivity contribution >= 4 is 16.8 Å². The van der Waals surface area contributed by atoms with Crippen molar-refractivity contribution in [2.24, 2.45) is 0 Å². The highest BCUT2D eigenvalue weighted by atomic mass is 16.5. The number of amides is 1. The average Bonchev–Trinajstić information content (AvgIpc) is 2.75. The molecule has 7 nitrogen and oxygen atoms in total. The lowest BCUT2D eigenvalue weighted by Crippen LogP contribution is -2.36. The molecule has 152 valence electrons. The van der Waals surface area contributed by atoms with Gasteiger partial charge in [0.15, 0.2) is 6.61 Å². The predicted molar refractivity (Wildman–Crippen MR) is 111 cm³/mol. The van der Waals surface area contributed by atoms with Gasteiger partial charge in [0.05, 0.1) is 24.6 Å². The molecule has 0 saturated heterocycles. The van der Waals surface area contributed by atoms with Crippen LogP contribution in [0.2, 0.25) is 0 Å². The molecule has 3 aromatic rings. The Hall–Kier alpha value is -3.35. The van der Waals surface area contributed by atoms with Crippen LogP contribution in [0.25, 0.3) is 10.9 Å². The molecule has 0 atom stereocenters. The highest BCUT2D eigenvalue weighted by molar-refractivity contribution is 5.78. The Bertz CT molecular complexity index is 1010. The number of rotatable bonds is 9. The van der Waals surface area contributed by atoms with Crippen LogP contribution >= 0.6 is 0 Å². The third kappa shape index (κ3) is 5.34. The maximum atomic E-state index is 12.8. The summed E-state index contributed by atoms with van der Waals surface area (Å²) in [7, 11) is 1.59. The highest BCUT2D eigenvalue weighted by Gasteiger charge is 2.16. The number of fused-ring (bicyclic) bond motifs is 1. The van der Waals surface area contributed by atoms with Crippen molar-refractivity contribution in [1.82, 2.24) is 14.9 Å². The minimum Gasteiger partial charge on any atom is -0.497 e. The van der Waals surface area contributed by atoms with Crippen molar-refractivity contribution in [2.75, 3.05) is 20.3 Å². The molecule has 1 amide bonds. The zero-order chi connectivity index (χ0) is 20.6. The molecular weight excluding hydrogens is 370 g/mol. The van der Waals surface area contributed by atoms with E-state index in [1.807, 2.05) is 6.07 Å². The number of benzene rings is 2. The molecule has 0 unspecified atom stereocenters. The fourth-order valence-electron chi connectivity index (χ4n) is 2.94. The summed E-state index contributed by atoms with van der Waals surface area (Å²) in [5.41, 5.74) is 0.409.